The quantitative estimate of drug-likeness (QED) is 0.598. The van der Waals surface area contributed by atoms with Gasteiger partial charge >= 0.3 is 0 Å². The van der Waals surface area contributed by atoms with E-state index in [2.05, 4.69) is 0 Å². The van der Waals surface area contributed by atoms with Crippen LogP contribution in [0, 0.1) is 17.0 Å². The summed E-state index contributed by atoms with van der Waals surface area (Å²) in [6, 6.07) is 11.8. The van der Waals surface area contributed by atoms with Gasteiger partial charge in [0.25, 0.3) is 0 Å². The molecule has 86 valence electrons. The summed E-state index contributed by atoms with van der Waals surface area (Å²) >= 11 is 0. The van der Waals surface area contributed by atoms with Gasteiger partial charge in [-0.2, -0.15) is 0 Å². The SMILES string of the molecule is Cc1cc(/C=C/[N+](=O)[O-])cn1-c1ccccc1. The van der Waals surface area contributed by atoms with E-state index >= 15 is 0 Å². The zero-order chi connectivity index (χ0) is 12.3. The number of aromatic nitrogens is 1. The minimum atomic E-state index is -0.463. The highest BCUT2D eigenvalue weighted by Crippen LogP contribution is 2.15. The first kappa shape index (κ1) is 11.1. The first-order valence-corrected chi connectivity index (χ1v) is 5.23. The van der Waals surface area contributed by atoms with Crippen LogP contribution in [-0.4, -0.2) is 9.49 Å². The van der Waals surface area contributed by atoms with Crippen LogP contribution in [0.3, 0.4) is 0 Å². The van der Waals surface area contributed by atoms with Gasteiger partial charge in [-0.3, -0.25) is 10.1 Å². The lowest BCUT2D eigenvalue weighted by Gasteiger charge is -2.04. The number of hydrogen-bond donors (Lipinski definition) is 0. The lowest BCUT2D eigenvalue weighted by molar-refractivity contribution is -0.400. The molecule has 2 rings (SSSR count). The van der Waals surface area contributed by atoms with Gasteiger partial charge in [0.15, 0.2) is 0 Å². The minimum absolute atomic E-state index is 0.463. The fraction of sp³-hybridized carbons (Fsp3) is 0.0769. The maximum atomic E-state index is 10.2. The molecule has 2 aromatic rings. The molecule has 0 aliphatic rings. The molecule has 4 heteroatoms. The van der Waals surface area contributed by atoms with Crippen molar-refractivity contribution in [2.75, 3.05) is 0 Å². The topological polar surface area (TPSA) is 48.1 Å². The molecular formula is C13H12N2O2. The zero-order valence-electron chi connectivity index (χ0n) is 9.41. The highest BCUT2D eigenvalue weighted by atomic mass is 16.6. The Labute approximate surface area is 99.0 Å². The van der Waals surface area contributed by atoms with E-state index < -0.39 is 4.92 Å². The molecule has 0 fully saturated rings. The maximum Gasteiger partial charge on any atom is 0.235 e. The second kappa shape index (κ2) is 4.65. The van der Waals surface area contributed by atoms with E-state index in [1.54, 1.807) is 0 Å². The third kappa shape index (κ3) is 2.60. The number of rotatable bonds is 3. The number of nitro groups is 1. The number of nitrogens with zero attached hydrogens (tertiary/aromatic N) is 2. The Morgan fingerprint density at radius 3 is 2.65 bits per heavy atom. The van der Waals surface area contributed by atoms with Gasteiger partial charge in [-0.15, -0.1) is 0 Å². The van der Waals surface area contributed by atoms with Gasteiger partial charge in [-0.05, 0) is 30.7 Å². The molecule has 0 aliphatic carbocycles. The van der Waals surface area contributed by atoms with Crippen LogP contribution in [0.4, 0.5) is 0 Å². The number of aryl methyl sites for hydroxylation is 1. The Kier molecular flexibility index (Phi) is 3.05. The van der Waals surface area contributed by atoms with Gasteiger partial charge in [0.2, 0.25) is 6.20 Å². The van der Waals surface area contributed by atoms with Crippen molar-refractivity contribution in [3.63, 3.8) is 0 Å². The fourth-order valence-corrected chi connectivity index (χ4v) is 1.70. The Bertz CT molecular complexity index is 556. The van der Waals surface area contributed by atoms with E-state index in [-0.39, 0.29) is 0 Å². The molecule has 0 radical (unpaired) electrons. The normalized spacial score (nSPS) is 10.9. The predicted molar refractivity (Wildman–Crippen MR) is 66.5 cm³/mol. The van der Waals surface area contributed by atoms with E-state index in [9.17, 15) is 10.1 Å². The van der Waals surface area contributed by atoms with E-state index in [0.717, 1.165) is 23.1 Å². The highest BCUT2D eigenvalue weighted by molar-refractivity contribution is 5.50. The Morgan fingerprint density at radius 1 is 1.29 bits per heavy atom. The highest BCUT2D eigenvalue weighted by Gasteiger charge is 2.02. The lowest BCUT2D eigenvalue weighted by atomic mass is 10.3. The molecule has 0 bridgehead atoms. The summed E-state index contributed by atoms with van der Waals surface area (Å²) in [6.07, 6.45) is 4.32. The minimum Gasteiger partial charge on any atom is -0.321 e. The standard InChI is InChI=1S/C13H12N2O2/c1-11-9-12(7-8-15(16)17)10-14(11)13-5-3-2-4-6-13/h2-10H,1H3/b8-7+. The van der Waals surface area contributed by atoms with Gasteiger partial charge in [0.1, 0.15) is 0 Å². The van der Waals surface area contributed by atoms with Crippen molar-refractivity contribution >= 4 is 6.08 Å². The van der Waals surface area contributed by atoms with E-state index in [1.807, 2.05) is 54.1 Å². The summed E-state index contributed by atoms with van der Waals surface area (Å²) in [4.78, 5) is 9.78. The molecular weight excluding hydrogens is 216 g/mol. The van der Waals surface area contributed by atoms with Crippen LogP contribution in [0.15, 0.2) is 48.8 Å². The van der Waals surface area contributed by atoms with Crippen molar-refractivity contribution in [1.82, 2.24) is 4.57 Å². The number of hydrogen-bond acceptors (Lipinski definition) is 2. The number of benzene rings is 1. The lowest BCUT2D eigenvalue weighted by Crippen LogP contribution is -1.92. The molecule has 1 aromatic heterocycles. The van der Waals surface area contributed by atoms with Gasteiger partial charge in [0, 0.05) is 23.7 Å². The van der Waals surface area contributed by atoms with Crippen LogP contribution in [0.5, 0.6) is 0 Å². The molecule has 0 N–H and O–H groups in total. The van der Waals surface area contributed by atoms with E-state index in [4.69, 9.17) is 0 Å². The average molecular weight is 228 g/mol. The fourth-order valence-electron chi connectivity index (χ4n) is 1.70. The molecule has 0 atom stereocenters. The monoisotopic (exact) mass is 228 g/mol. The summed E-state index contributed by atoms with van der Waals surface area (Å²) < 4.78 is 2.00. The van der Waals surface area contributed by atoms with Crippen molar-refractivity contribution in [2.45, 2.75) is 6.92 Å². The molecule has 0 unspecified atom stereocenters. The molecule has 1 heterocycles. The van der Waals surface area contributed by atoms with Crippen LogP contribution in [0.25, 0.3) is 11.8 Å². The molecule has 0 aliphatic heterocycles. The Hall–Kier alpha value is -2.36. The second-order valence-corrected chi connectivity index (χ2v) is 3.72. The first-order valence-electron chi connectivity index (χ1n) is 5.23. The van der Waals surface area contributed by atoms with Crippen LogP contribution in [0.2, 0.25) is 0 Å². The molecule has 0 saturated heterocycles. The predicted octanol–water partition coefficient (Wildman–Crippen LogP) is 3.03. The Morgan fingerprint density at radius 2 is 2.00 bits per heavy atom. The Balaban J connectivity index is 2.35. The average Bonchev–Trinajstić information content (AvgIpc) is 2.69. The molecule has 1 aromatic carbocycles. The van der Waals surface area contributed by atoms with Gasteiger partial charge in [-0.25, -0.2) is 0 Å². The smallest absolute Gasteiger partial charge is 0.235 e. The summed E-state index contributed by atoms with van der Waals surface area (Å²) in [6.45, 7) is 1.97. The second-order valence-electron chi connectivity index (χ2n) is 3.72. The third-order valence-corrected chi connectivity index (χ3v) is 2.46. The van der Waals surface area contributed by atoms with E-state index in [0.29, 0.717) is 0 Å². The first-order chi connectivity index (χ1) is 8.16. The number of para-hydroxylation sites is 1. The summed E-state index contributed by atoms with van der Waals surface area (Å²) in [5.74, 6) is 0. The van der Waals surface area contributed by atoms with Gasteiger partial charge in [0.05, 0.1) is 4.92 Å². The van der Waals surface area contributed by atoms with Crippen LogP contribution < -0.4 is 0 Å². The van der Waals surface area contributed by atoms with Crippen LogP contribution in [0.1, 0.15) is 11.3 Å². The maximum absolute atomic E-state index is 10.2. The van der Waals surface area contributed by atoms with Crippen molar-refractivity contribution in [3.8, 4) is 5.69 Å². The molecule has 17 heavy (non-hydrogen) atoms. The summed E-state index contributed by atoms with van der Waals surface area (Å²) in [5.41, 5.74) is 2.91. The third-order valence-electron chi connectivity index (χ3n) is 2.46. The molecule has 4 nitrogen and oxygen atoms in total. The van der Waals surface area contributed by atoms with Crippen molar-refractivity contribution in [2.24, 2.45) is 0 Å². The molecule has 0 saturated carbocycles. The molecule has 0 amide bonds. The largest absolute Gasteiger partial charge is 0.321 e. The van der Waals surface area contributed by atoms with E-state index in [1.165, 1.54) is 6.08 Å². The summed E-state index contributed by atoms with van der Waals surface area (Å²) in [5, 5.41) is 10.2. The van der Waals surface area contributed by atoms with Crippen molar-refractivity contribution < 1.29 is 4.92 Å². The van der Waals surface area contributed by atoms with Gasteiger partial charge in [-0.1, -0.05) is 18.2 Å². The van der Waals surface area contributed by atoms with Crippen molar-refractivity contribution in [1.29, 1.82) is 0 Å². The van der Waals surface area contributed by atoms with Crippen LogP contribution in [-0.2, 0) is 0 Å². The van der Waals surface area contributed by atoms with Gasteiger partial charge < -0.3 is 4.57 Å². The molecule has 0 spiro atoms. The van der Waals surface area contributed by atoms with Crippen LogP contribution >= 0.6 is 0 Å². The zero-order valence-corrected chi connectivity index (χ0v) is 9.41. The summed E-state index contributed by atoms with van der Waals surface area (Å²) in [7, 11) is 0. The van der Waals surface area contributed by atoms with Crippen molar-refractivity contribution in [3.05, 3.63) is 70.2 Å².